The zero-order valence-corrected chi connectivity index (χ0v) is 14.0. The number of hydrogen-bond donors (Lipinski definition) is 0. The summed E-state index contributed by atoms with van der Waals surface area (Å²) in [6, 6.07) is 16.2. The minimum atomic E-state index is 0.169. The number of rotatable bonds is 4. The standard InChI is InChI=1S/C20H21NO2/c1-14-15(2)21(17-7-11-19(23-4)12-8-17)13-20(14)16-5-9-18(22-3)10-6-16/h5-12,20H,1-4H3. The molecule has 0 N–H and O–H groups in total. The average molecular weight is 307 g/mol. The molecule has 0 spiro atoms. The Balaban J connectivity index is 1.85. The fraction of sp³-hybridized carbons (Fsp3) is 0.250. The molecule has 23 heavy (non-hydrogen) atoms. The minimum Gasteiger partial charge on any atom is -0.497 e. The van der Waals surface area contributed by atoms with Gasteiger partial charge < -0.3 is 14.4 Å². The Labute approximate surface area is 138 Å². The molecule has 118 valence electrons. The highest BCUT2D eigenvalue weighted by molar-refractivity contribution is 5.61. The summed E-state index contributed by atoms with van der Waals surface area (Å²) in [5.41, 5.74) is 4.85. The first-order chi connectivity index (χ1) is 11.1. The summed E-state index contributed by atoms with van der Waals surface area (Å²) in [5, 5.41) is 0. The van der Waals surface area contributed by atoms with Crippen LogP contribution in [-0.4, -0.2) is 14.2 Å². The highest BCUT2D eigenvalue weighted by atomic mass is 16.5. The normalized spacial score (nSPS) is 17.6. The quantitative estimate of drug-likeness (QED) is 0.821. The largest absolute Gasteiger partial charge is 0.497 e. The van der Waals surface area contributed by atoms with Crippen LogP contribution in [0.5, 0.6) is 11.5 Å². The number of nitrogens with zero attached hydrogens (tertiary/aromatic N) is 1. The maximum absolute atomic E-state index is 5.24. The predicted molar refractivity (Wildman–Crippen MR) is 92.8 cm³/mol. The van der Waals surface area contributed by atoms with Crippen LogP contribution in [0.3, 0.4) is 0 Å². The lowest BCUT2D eigenvalue weighted by atomic mass is 9.94. The van der Waals surface area contributed by atoms with Gasteiger partial charge in [0.2, 0.25) is 0 Å². The number of allylic oxidation sites excluding steroid dienone is 1. The van der Waals surface area contributed by atoms with E-state index in [-0.39, 0.29) is 5.92 Å². The monoisotopic (exact) mass is 307 g/mol. The fourth-order valence-electron chi connectivity index (χ4n) is 2.83. The van der Waals surface area contributed by atoms with E-state index in [0.717, 1.165) is 17.2 Å². The van der Waals surface area contributed by atoms with Crippen LogP contribution in [0.4, 0.5) is 5.69 Å². The lowest BCUT2D eigenvalue weighted by molar-refractivity contribution is 0.414. The molecule has 0 bridgehead atoms. The SMILES string of the molecule is COc1ccc(C2[C]N(c3ccc(OC)cc3)C(C)=C2C)cc1. The topological polar surface area (TPSA) is 21.7 Å². The van der Waals surface area contributed by atoms with Crippen molar-refractivity contribution in [2.45, 2.75) is 19.8 Å². The van der Waals surface area contributed by atoms with E-state index in [4.69, 9.17) is 9.47 Å². The summed E-state index contributed by atoms with van der Waals surface area (Å²) in [6.07, 6.45) is 0. The molecule has 0 fully saturated rings. The number of anilines is 1. The average Bonchev–Trinajstić information content (AvgIpc) is 2.91. The van der Waals surface area contributed by atoms with Crippen molar-refractivity contribution in [1.82, 2.24) is 0 Å². The highest BCUT2D eigenvalue weighted by Crippen LogP contribution is 2.41. The van der Waals surface area contributed by atoms with Gasteiger partial charge in [-0.1, -0.05) is 12.1 Å². The van der Waals surface area contributed by atoms with E-state index in [1.54, 1.807) is 14.2 Å². The first kappa shape index (κ1) is 15.5. The number of methoxy groups -OCH3 is 2. The smallest absolute Gasteiger partial charge is 0.119 e. The number of benzene rings is 2. The van der Waals surface area contributed by atoms with Crippen LogP contribution in [0.25, 0.3) is 0 Å². The third kappa shape index (κ3) is 2.91. The van der Waals surface area contributed by atoms with Gasteiger partial charge in [-0.3, -0.25) is 0 Å². The van der Waals surface area contributed by atoms with E-state index in [9.17, 15) is 0 Å². The van der Waals surface area contributed by atoms with E-state index in [0.29, 0.717) is 0 Å². The van der Waals surface area contributed by atoms with Crippen LogP contribution >= 0.6 is 0 Å². The summed E-state index contributed by atoms with van der Waals surface area (Å²) in [5.74, 6) is 1.90. The Hall–Kier alpha value is -2.42. The van der Waals surface area contributed by atoms with Crippen LogP contribution < -0.4 is 14.4 Å². The van der Waals surface area contributed by atoms with Gasteiger partial charge >= 0.3 is 0 Å². The van der Waals surface area contributed by atoms with Gasteiger partial charge in [0.1, 0.15) is 18.0 Å². The molecule has 2 radical (unpaired) electrons. The molecule has 1 atom stereocenters. The molecule has 3 rings (SSSR count). The molecule has 1 unspecified atom stereocenters. The molecule has 0 saturated carbocycles. The summed E-state index contributed by atoms with van der Waals surface area (Å²) in [6.45, 7) is 7.88. The van der Waals surface area contributed by atoms with Crippen LogP contribution in [0.15, 0.2) is 59.8 Å². The number of ether oxygens (including phenoxy) is 2. The summed E-state index contributed by atoms with van der Waals surface area (Å²) in [7, 11) is 3.36. The van der Waals surface area contributed by atoms with E-state index < -0.39 is 0 Å². The van der Waals surface area contributed by atoms with Crippen molar-refractivity contribution in [2.75, 3.05) is 19.1 Å². The summed E-state index contributed by atoms with van der Waals surface area (Å²) >= 11 is 0. The van der Waals surface area contributed by atoms with Crippen LogP contribution in [0.1, 0.15) is 25.3 Å². The van der Waals surface area contributed by atoms with E-state index in [1.807, 2.05) is 24.3 Å². The molecule has 2 aromatic rings. The van der Waals surface area contributed by atoms with Gasteiger partial charge in [0.05, 0.1) is 14.2 Å². The summed E-state index contributed by atoms with van der Waals surface area (Å²) < 4.78 is 10.5. The maximum atomic E-state index is 5.24. The van der Waals surface area contributed by atoms with Crippen molar-refractivity contribution < 1.29 is 9.47 Å². The Morgan fingerprint density at radius 3 is 1.87 bits per heavy atom. The van der Waals surface area contributed by atoms with Crippen molar-refractivity contribution >= 4 is 5.69 Å². The Bertz CT molecular complexity index is 640. The second-order valence-corrected chi connectivity index (χ2v) is 5.64. The van der Waals surface area contributed by atoms with Gasteiger partial charge in [0, 0.05) is 17.3 Å². The zero-order valence-electron chi connectivity index (χ0n) is 14.0. The van der Waals surface area contributed by atoms with E-state index >= 15 is 0 Å². The van der Waals surface area contributed by atoms with Crippen molar-refractivity contribution in [2.24, 2.45) is 0 Å². The molecule has 1 heterocycles. The van der Waals surface area contributed by atoms with Crippen LogP contribution in [0.2, 0.25) is 0 Å². The first-order valence-electron chi connectivity index (χ1n) is 7.65. The molecule has 0 aromatic heterocycles. The van der Waals surface area contributed by atoms with Gasteiger partial charge in [0.25, 0.3) is 0 Å². The lowest BCUT2D eigenvalue weighted by Crippen LogP contribution is -2.14. The van der Waals surface area contributed by atoms with Crippen molar-refractivity contribution in [3.63, 3.8) is 0 Å². The van der Waals surface area contributed by atoms with E-state index in [2.05, 4.69) is 49.6 Å². The van der Waals surface area contributed by atoms with Crippen molar-refractivity contribution in [1.29, 1.82) is 0 Å². The lowest BCUT2D eigenvalue weighted by Gasteiger charge is -2.20. The third-order valence-electron chi connectivity index (χ3n) is 4.38. The first-order valence-corrected chi connectivity index (χ1v) is 7.65. The van der Waals surface area contributed by atoms with Gasteiger partial charge in [-0.15, -0.1) is 0 Å². The molecule has 1 aliphatic heterocycles. The van der Waals surface area contributed by atoms with Gasteiger partial charge in [0.15, 0.2) is 0 Å². The molecule has 2 aromatic carbocycles. The second-order valence-electron chi connectivity index (χ2n) is 5.64. The molecule has 0 saturated heterocycles. The highest BCUT2D eigenvalue weighted by Gasteiger charge is 2.29. The predicted octanol–water partition coefficient (Wildman–Crippen LogP) is 4.64. The van der Waals surface area contributed by atoms with Crippen molar-refractivity contribution in [3.8, 4) is 11.5 Å². The molecule has 3 nitrogen and oxygen atoms in total. The molecule has 0 aliphatic carbocycles. The van der Waals surface area contributed by atoms with Gasteiger partial charge in [-0.2, -0.15) is 0 Å². The Morgan fingerprint density at radius 2 is 1.35 bits per heavy atom. The third-order valence-corrected chi connectivity index (χ3v) is 4.38. The molecule has 1 aliphatic rings. The van der Waals surface area contributed by atoms with Gasteiger partial charge in [-0.25, -0.2) is 0 Å². The van der Waals surface area contributed by atoms with Crippen LogP contribution in [0, 0.1) is 6.54 Å². The maximum Gasteiger partial charge on any atom is 0.119 e. The number of hydrogen-bond acceptors (Lipinski definition) is 3. The molecule has 3 heteroatoms. The fourth-order valence-corrected chi connectivity index (χ4v) is 2.83. The van der Waals surface area contributed by atoms with Crippen molar-refractivity contribution in [3.05, 3.63) is 71.9 Å². The van der Waals surface area contributed by atoms with E-state index in [1.165, 1.54) is 16.8 Å². The minimum absolute atomic E-state index is 0.169. The Morgan fingerprint density at radius 1 is 0.826 bits per heavy atom. The molecular weight excluding hydrogens is 286 g/mol. The Kier molecular flexibility index (Phi) is 4.28. The summed E-state index contributed by atoms with van der Waals surface area (Å²) in [4.78, 5) is 2.13. The second kappa shape index (κ2) is 6.37. The molecular formula is C20H21NO2. The molecule has 0 amide bonds. The van der Waals surface area contributed by atoms with Crippen LogP contribution in [-0.2, 0) is 0 Å². The zero-order chi connectivity index (χ0) is 16.4. The van der Waals surface area contributed by atoms with Gasteiger partial charge in [-0.05, 0) is 61.4 Å².